The maximum absolute atomic E-state index is 12.6. The zero-order valence-corrected chi connectivity index (χ0v) is 26.3. The molecule has 0 spiro atoms. The van der Waals surface area contributed by atoms with E-state index in [1.165, 1.54) is 57.1 Å². The molecule has 2 amide bonds. The summed E-state index contributed by atoms with van der Waals surface area (Å²) in [5.74, 6) is 2.99. The molecule has 7 nitrogen and oxygen atoms in total. The van der Waals surface area contributed by atoms with Crippen molar-refractivity contribution in [3.05, 3.63) is 16.5 Å². The predicted molar refractivity (Wildman–Crippen MR) is 157 cm³/mol. The molecule has 3 N–H and O–H groups in total. The van der Waals surface area contributed by atoms with Gasteiger partial charge in [0.25, 0.3) is 15.9 Å². The molecule has 10 heteroatoms. The molecule has 0 aromatic carbocycles. The van der Waals surface area contributed by atoms with Gasteiger partial charge in [0.2, 0.25) is 5.91 Å². The molecule has 1 aromatic heterocycles. The number of aliphatic hydroxyl groups excluding tert-OH is 1. The molecule has 4 aliphatic carbocycles. The first-order valence-electron chi connectivity index (χ1n) is 15.1. The quantitative estimate of drug-likeness (QED) is 0.346. The van der Waals surface area contributed by atoms with Gasteiger partial charge in [-0.2, -0.15) is 0 Å². The predicted octanol–water partition coefficient (Wildman–Crippen LogP) is 5.76. The Kier molecular flexibility index (Phi) is 8.71. The van der Waals surface area contributed by atoms with Crippen LogP contribution in [0, 0.1) is 46.3 Å². The smallest absolute Gasteiger partial charge is 0.273 e. The van der Waals surface area contributed by atoms with E-state index < -0.39 is 15.9 Å². The molecule has 5 rings (SSSR count). The molecule has 0 saturated heterocycles. The Hall–Kier alpha value is -1.16. The number of nitrogens with one attached hydrogen (secondary N) is 2. The molecule has 0 radical (unpaired) electrons. The number of thiophene rings is 1. The lowest BCUT2D eigenvalue weighted by atomic mass is 9.44. The third-order valence-corrected chi connectivity index (χ3v) is 14.8. The van der Waals surface area contributed by atoms with Gasteiger partial charge >= 0.3 is 0 Å². The summed E-state index contributed by atoms with van der Waals surface area (Å²) >= 11 is 6.67. The van der Waals surface area contributed by atoms with E-state index in [0.717, 1.165) is 48.4 Å². The van der Waals surface area contributed by atoms with Crippen LogP contribution in [-0.2, 0) is 19.6 Å². The average molecular weight is 613 g/mol. The molecule has 1 heterocycles. The molecule has 0 aliphatic heterocycles. The van der Waals surface area contributed by atoms with Gasteiger partial charge in [0, 0.05) is 6.42 Å². The van der Waals surface area contributed by atoms with Gasteiger partial charge in [-0.1, -0.05) is 32.4 Å². The van der Waals surface area contributed by atoms with Gasteiger partial charge in [-0.3, -0.25) is 9.59 Å². The minimum atomic E-state index is -3.99. The van der Waals surface area contributed by atoms with Crippen molar-refractivity contribution in [2.75, 3.05) is 6.54 Å². The van der Waals surface area contributed by atoms with Gasteiger partial charge in [-0.15, -0.1) is 11.3 Å². The second-order valence-electron chi connectivity index (χ2n) is 13.7. The van der Waals surface area contributed by atoms with E-state index in [2.05, 4.69) is 26.1 Å². The van der Waals surface area contributed by atoms with E-state index in [0.29, 0.717) is 39.3 Å². The van der Waals surface area contributed by atoms with Crippen LogP contribution < -0.4 is 10.0 Å². The van der Waals surface area contributed by atoms with Crippen molar-refractivity contribution in [1.29, 1.82) is 0 Å². The second kappa shape index (κ2) is 11.5. The van der Waals surface area contributed by atoms with Gasteiger partial charge < -0.3 is 10.4 Å². The summed E-state index contributed by atoms with van der Waals surface area (Å²) in [5.41, 5.74) is 0.696. The minimum Gasteiger partial charge on any atom is -0.393 e. The maximum atomic E-state index is 12.6. The highest BCUT2D eigenvalue weighted by molar-refractivity contribution is 7.92. The first-order valence-corrected chi connectivity index (χ1v) is 17.8. The van der Waals surface area contributed by atoms with Gasteiger partial charge in [-0.05, 0) is 123 Å². The summed E-state index contributed by atoms with van der Waals surface area (Å²) in [6.07, 6.45) is 11.7. The zero-order chi connectivity index (χ0) is 28.9. The van der Waals surface area contributed by atoms with Crippen LogP contribution in [0.4, 0.5) is 0 Å². The maximum Gasteiger partial charge on any atom is 0.273 e. The van der Waals surface area contributed by atoms with Crippen molar-refractivity contribution in [3.63, 3.8) is 0 Å². The average Bonchev–Trinajstić information content (AvgIpc) is 3.49. The summed E-state index contributed by atoms with van der Waals surface area (Å²) in [6.45, 7) is 6.95. The Morgan fingerprint density at radius 3 is 2.50 bits per heavy atom. The van der Waals surface area contributed by atoms with Crippen LogP contribution in [-0.4, -0.2) is 38.0 Å². The number of hydrogen-bond acceptors (Lipinski definition) is 6. The van der Waals surface area contributed by atoms with Gasteiger partial charge in [0.05, 0.1) is 17.0 Å². The second-order valence-corrected chi connectivity index (χ2v) is 17.3. The Bertz CT molecular complexity index is 1220. The number of fused-ring (bicyclic) bond motifs is 5. The van der Waals surface area contributed by atoms with Crippen LogP contribution in [0.15, 0.2) is 16.3 Å². The number of carbonyl (C=O) groups excluding carboxylic acids is 2. The molecular formula is C30H45ClN2O5S2. The normalized spacial score (nSPS) is 38.0. The number of aliphatic hydroxyl groups is 1. The van der Waals surface area contributed by atoms with Crippen LogP contribution in [0.5, 0.6) is 0 Å². The first-order chi connectivity index (χ1) is 18.8. The van der Waals surface area contributed by atoms with Crippen molar-refractivity contribution in [1.82, 2.24) is 10.0 Å². The fourth-order valence-electron chi connectivity index (χ4n) is 9.72. The summed E-state index contributed by atoms with van der Waals surface area (Å²) in [7, 11) is -3.99. The fraction of sp³-hybridized carbons (Fsp3) is 0.800. The highest BCUT2D eigenvalue weighted by Gasteiger charge is 2.60. The van der Waals surface area contributed by atoms with E-state index >= 15 is 0 Å². The molecule has 4 fully saturated rings. The van der Waals surface area contributed by atoms with Crippen molar-refractivity contribution < 1.29 is 23.1 Å². The Balaban J connectivity index is 1.11. The van der Waals surface area contributed by atoms with Gasteiger partial charge in [0.15, 0.2) is 0 Å². The lowest BCUT2D eigenvalue weighted by Crippen LogP contribution is -2.54. The third-order valence-electron chi connectivity index (χ3n) is 11.7. The first kappa shape index (κ1) is 30.3. The largest absolute Gasteiger partial charge is 0.393 e. The Labute approximate surface area is 248 Å². The number of hydrogen-bond donors (Lipinski definition) is 3. The molecule has 4 saturated carbocycles. The van der Waals surface area contributed by atoms with E-state index in [4.69, 9.17) is 11.6 Å². The summed E-state index contributed by atoms with van der Waals surface area (Å²) in [5, 5.41) is 12.9. The van der Waals surface area contributed by atoms with Crippen LogP contribution >= 0.6 is 22.9 Å². The molecule has 224 valence electrons. The molecule has 0 unspecified atom stereocenters. The molecule has 0 bridgehead atoms. The fourth-order valence-corrected chi connectivity index (χ4v) is 12.2. The third kappa shape index (κ3) is 5.73. The van der Waals surface area contributed by atoms with E-state index in [-0.39, 0.29) is 22.8 Å². The molecule has 1 aromatic rings. The Morgan fingerprint density at radius 1 is 1.05 bits per heavy atom. The van der Waals surface area contributed by atoms with Crippen molar-refractivity contribution in [2.45, 2.75) is 102 Å². The van der Waals surface area contributed by atoms with Gasteiger partial charge in [-0.25, -0.2) is 13.1 Å². The van der Waals surface area contributed by atoms with E-state index in [1.54, 1.807) is 0 Å². The molecule has 9 atom stereocenters. The number of sulfonamides is 1. The SMILES string of the molecule is C[C@H](CCC(=O)NCC(=O)NS(=O)(=O)c1ccc(Cl)s1)[C@H]1CC[C@H]2[C@@H]3CC[C@@H]4C[C@H](O)CC[C@]4(C)[C@H]3CC[C@]12C. The minimum absolute atomic E-state index is 0.0388. The number of halogens is 1. The topological polar surface area (TPSA) is 113 Å². The van der Waals surface area contributed by atoms with E-state index in [9.17, 15) is 23.1 Å². The lowest BCUT2D eigenvalue weighted by Gasteiger charge is -2.61. The van der Waals surface area contributed by atoms with Crippen LogP contribution in [0.3, 0.4) is 0 Å². The van der Waals surface area contributed by atoms with Crippen molar-refractivity contribution in [3.8, 4) is 0 Å². The Morgan fingerprint density at radius 2 is 1.77 bits per heavy atom. The highest BCUT2D eigenvalue weighted by atomic mass is 35.5. The molecule has 40 heavy (non-hydrogen) atoms. The standard InChI is InChI=1S/C30H45ClN2O5S2/c1-18(4-10-26(35)32-17-27(36)33-40(37,38)28-11-9-25(31)39-28)22-7-8-23-21-6-5-19-16-20(34)12-14-29(19,2)24(21)13-15-30(22,23)3/h9,11,18-24,34H,4-8,10,12-17H2,1-3H3,(H,32,35)(H,33,36)/t18-,19-,20-,21+,22-,23+,24+,29+,30-/m1/s1. The molecule has 4 aliphatic rings. The van der Waals surface area contributed by atoms with Crippen LogP contribution in [0.1, 0.15) is 91.4 Å². The summed E-state index contributed by atoms with van der Waals surface area (Å²) in [4.78, 5) is 24.8. The van der Waals surface area contributed by atoms with Crippen LogP contribution in [0.25, 0.3) is 0 Å². The number of rotatable bonds is 8. The molecular weight excluding hydrogens is 568 g/mol. The van der Waals surface area contributed by atoms with Gasteiger partial charge in [0.1, 0.15) is 4.21 Å². The highest BCUT2D eigenvalue weighted by Crippen LogP contribution is 2.68. The van der Waals surface area contributed by atoms with Crippen molar-refractivity contribution in [2.24, 2.45) is 46.3 Å². The number of amides is 2. The summed E-state index contributed by atoms with van der Waals surface area (Å²) < 4.78 is 26.9. The van der Waals surface area contributed by atoms with Crippen LogP contribution in [0.2, 0.25) is 4.34 Å². The van der Waals surface area contributed by atoms with E-state index in [1.807, 2.05) is 4.72 Å². The summed E-state index contributed by atoms with van der Waals surface area (Å²) in [6, 6.07) is 2.80. The monoisotopic (exact) mass is 612 g/mol. The lowest BCUT2D eigenvalue weighted by molar-refractivity contribution is -0.130. The zero-order valence-electron chi connectivity index (χ0n) is 24.0. The van der Waals surface area contributed by atoms with Crippen molar-refractivity contribution >= 4 is 44.8 Å². The number of carbonyl (C=O) groups is 2.